The van der Waals surface area contributed by atoms with Gasteiger partial charge < -0.3 is 10.1 Å². The van der Waals surface area contributed by atoms with Gasteiger partial charge in [-0.2, -0.15) is 0 Å². The lowest BCUT2D eigenvalue weighted by Crippen LogP contribution is -2.22. The number of methoxy groups -OCH3 is 1. The van der Waals surface area contributed by atoms with E-state index in [1.807, 2.05) is 0 Å². The first-order chi connectivity index (χ1) is 10.5. The number of carbonyl (C=O) groups excluding carboxylic acids is 1. The molecule has 0 radical (unpaired) electrons. The second-order valence-corrected chi connectivity index (χ2v) is 5.94. The molecule has 116 valence electrons. The Morgan fingerprint density at radius 3 is 2.59 bits per heavy atom. The van der Waals surface area contributed by atoms with Crippen molar-refractivity contribution in [1.82, 2.24) is 0 Å². The number of halogens is 2. The van der Waals surface area contributed by atoms with Crippen molar-refractivity contribution in [1.29, 1.82) is 0 Å². The van der Waals surface area contributed by atoms with Gasteiger partial charge >= 0.3 is 0 Å². The molecule has 0 aliphatic rings. The number of nitrogens with one attached hydrogen (secondary N) is 1. The van der Waals surface area contributed by atoms with Crippen LogP contribution in [0.3, 0.4) is 0 Å². The molecule has 0 aliphatic carbocycles. The van der Waals surface area contributed by atoms with Crippen LogP contribution in [0.2, 0.25) is 0 Å². The summed E-state index contributed by atoms with van der Waals surface area (Å²) >= 11 is 1.15. The molecule has 1 unspecified atom stereocenters. The van der Waals surface area contributed by atoms with Crippen LogP contribution in [-0.4, -0.2) is 18.3 Å². The fraction of sp³-hybridized carbons (Fsp3) is 0.188. The molecule has 0 spiro atoms. The third kappa shape index (κ3) is 3.98. The van der Waals surface area contributed by atoms with Gasteiger partial charge in [0.25, 0.3) is 0 Å². The quantitative estimate of drug-likeness (QED) is 0.842. The van der Waals surface area contributed by atoms with Gasteiger partial charge in [0.05, 0.1) is 18.0 Å². The number of ether oxygens (including phenoxy) is 1. The number of carbonyl (C=O) groups is 1. The van der Waals surface area contributed by atoms with E-state index in [0.29, 0.717) is 16.3 Å². The highest BCUT2D eigenvalue weighted by molar-refractivity contribution is 8.00. The van der Waals surface area contributed by atoms with Crippen molar-refractivity contribution in [3.05, 3.63) is 54.1 Å². The number of amides is 1. The number of anilines is 1. The Morgan fingerprint density at radius 2 is 1.91 bits per heavy atom. The third-order valence-corrected chi connectivity index (χ3v) is 4.03. The molecule has 2 rings (SSSR count). The van der Waals surface area contributed by atoms with Crippen molar-refractivity contribution in [2.45, 2.75) is 17.1 Å². The van der Waals surface area contributed by atoms with E-state index >= 15 is 0 Å². The van der Waals surface area contributed by atoms with Crippen LogP contribution in [0.1, 0.15) is 6.92 Å². The molecule has 0 aromatic heterocycles. The van der Waals surface area contributed by atoms with Crippen LogP contribution in [0.15, 0.2) is 47.4 Å². The molecule has 1 atom stereocenters. The number of thioether (sulfide) groups is 1. The predicted octanol–water partition coefficient (Wildman–Crippen LogP) is 4.09. The van der Waals surface area contributed by atoms with Crippen molar-refractivity contribution in [2.24, 2.45) is 0 Å². The Kier molecular flexibility index (Phi) is 5.38. The minimum absolute atomic E-state index is 0.251. The summed E-state index contributed by atoms with van der Waals surface area (Å²) < 4.78 is 31.2. The van der Waals surface area contributed by atoms with E-state index in [1.165, 1.54) is 13.2 Å². The summed E-state index contributed by atoms with van der Waals surface area (Å²) in [6.45, 7) is 1.69. The van der Waals surface area contributed by atoms with Gasteiger partial charge in [-0.25, -0.2) is 8.78 Å². The van der Waals surface area contributed by atoms with Crippen LogP contribution in [0.25, 0.3) is 0 Å². The van der Waals surface area contributed by atoms with Gasteiger partial charge in [-0.3, -0.25) is 4.79 Å². The van der Waals surface area contributed by atoms with Gasteiger partial charge in [0.2, 0.25) is 5.91 Å². The maximum atomic E-state index is 13.2. The summed E-state index contributed by atoms with van der Waals surface area (Å²) in [5.41, 5.74) is 0.563. The fourth-order valence-electron chi connectivity index (χ4n) is 1.79. The Bertz CT molecular complexity index is 679. The first kappa shape index (κ1) is 16.3. The number of hydrogen-bond donors (Lipinski definition) is 1. The van der Waals surface area contributed by atoms with Crippen LogP contribution < -0.4 is 10.1 Å². The molecule has 6 heteroatoms. The molecule has 0 saturated heterocycles. The van der Waals surface area contributed by atoms with Gasteiger partial charge in [-0.15, -0.1) is 11.8 Å². The first-order valence-corrected chi connectivity index (χ1v) is 7.45. The Labute approximate surface area is 131 Å². The fourth-order valence-corrected chi connectivity index (χ4v) is 2.68. The zero-order valence-corrected chi connectivity index (χ0v) is 12.9. The highest BCUT2D eigenvalue weighted by Crippen LogP contribution is 2.28. The highest BCUT2D eigenvalue weighted by Gasteiger charge is 2.17. The van der Waals surface area contributed by atoms with Gasteiger partial charge in [0.1, 0.15) is 5.75 Å². The molecule has 1 amide bonds. The maximum absolute atomic E-state index is 13.2. The van der Waals surface area contributed by atoms with Gasteiger partial charge in [0, 0.05) is 4.90 Å². The van der Waals surface area contributed by atoms with Crippen molar-refractivity contribution in [3.63, 3.8) is 0 Å². The minimum atomic E-state index is -0.928. The van der Waals surface area contributed by atoms with E-state index in [0.717, 1.165) is 23.9 Å². The molecule has 1 N–H and O–H groups in total. The molecule has 0 saturated carbocycles. The number of para-hydroxylation sites is 2. The average molecular weight is 323 g/mol. The Balaban J connectivity index is 2.04. The topological polar surface area (TPSA) is 38.3 Å². The smallest absolute Gasteiger partial charge is 0.237 e. The highest BCUT2D eigenvalue weighted by atomic mass is 32.2. The largest absolute Gasteiger partial charge is 0.495 e. The summed E-state index contributed by atoms with van der Waals surface area (Å²) in [6.07, 6.45) is 0. The summed E-state index contributed by atoms with van der Waals surface area (Å²) in [4.78, 5) is 12.7. The maximum Gasteiger partial charge on any atom is 0.237 e. The summed E-state index contributed by atoms with van der Waals surface area (Å²) in [5.74, 6) is -1.53. The van der Waals surface area contributed by atoms with Crippen molar-refractivity contribution < 1.29 is 18.3 Å². The monoisotopic (exact) mass is 323 g/mol. The lowest BCUT2D eigenvalue weighted by atomic mass is 10.3. The standard InChI is InChI=1S/C16H15F2NO2S/c1-10(22-11-7-8-12(17)13(18)9-11)16(20)19-14-5-3-4-6-15(14)21-2/h3-10H,1-2H3,(H,19,20). The normalized spacial score (nSPS) is 11.8. The van der Waals surface area contributed by atoms with Crippen LogP contribution in [0.5, 0.6) is 5.75 Å². The van der Waals surface area contributed by atoms with E-state index in [-0.39, 0.29) is 5.91 Å². The molecule has 2 aromatic carbocycles. The number of rotatable bonds is 5. The molecular weight excluding hydrogens is 308 g/mol. The number of hydrogen-bond acceptors (Lipinski definition) is 3. The second-order valence-electron chi connectivity index (χ2n) is 4.53. The van der Waals surface area contributed by atoms with Gasteiger partial charge in [0.15, 0.2) is 11.6 Å². The van der Waals surface area contributed by atoms with Crippen molar-refractivity contribution in [2.75, 3.05) is 12.4 Å². The third-order valence-electron chi connectivity index (χ3n) is 2.94. The van der Waals surface area contributed by atoms with Crippen LogP contribution in [0.4, 0.5) is 14.5 Å². The summed E-state index contributed by atoms with van der Waals surface area (Å²) in [7, 11) is 1.52. The number of benzene rings is 2. The van der Waals surface area contributed by atoms with Crippen LogP contribution >= 0.6 is 11.8 Å². The minimum Gasteiger partial charge on any atom is -0.495 e. The van der Waals surface area contributed by atoms with E-state index < -0.39 is 16.9 Å². The molecule has 0 heterocycles. The van der Waals surface area contributed by atoms with Gasteiger partial charge in [-0.1, -0.05) is 12.1 Å². The second kappa shape index (κ2) is 7.26. The molecular formula is C16H15F2NO2S. The van der Waals surface area contributed by atoms with Crippen molar-refractivity contribution >= 4 is 23.4 Å². The van der Waals surface area contributed by atoms with E-state index in [4.69, 9.17) is 4.74 Å². The molecule has 0 fully saturated rings. The van der Waals surface area contributed by atoms with Crippen LogP contribution in [0, 0.1) is 11.6 Å². The summed E-state index contributed by atoms with van der Waals surface area (Å²) in [6, 6.07) is 10.6. The molecule has 3 nitrogen and oxygen atoms in total. The first-order valence-electron chi connectivity index (χ1n) is 6.57. The predicted molar refractivity (Wildman–Crippen MR) is 83.3 cm³/mol. The van der Waals surface area contributed by atoms with Gasteiger partial charge in [-0.05, 0) is 37.3 Å². The molecule has 0 aliphatic heterocycles. The lowest BCUT2D eigenvalue weighted by Gasteiger charge is -2.14. The zero-order valence-electron chi connectivity index (χ0n) is 12.1. The summed E-state index contributed by atoms with van der Waals surface area (Å²) in [5, 5.41) is 2.28. The van der Waals surface area contributed by atoms with E-state index in [9.17, 15) is 13.6 Å². The SMILES string of the molecule is COc1ccccc1NC(=O)C(C)Sc1ccc(F)c(F)c1. The van der Waals surface area contributed by atoms with Crippen molar-refractivity contribution in [3.8, 4) is 5.75 Å². The average Bonchev–Trinajstić information content (AvgIpc) is 2.51. The van der Waals surface area contributed by atoms with E-state index in [2.05, 4.69) is 5.32 Å². The Hall–Kier alpha value is -2.08. The van der Waals surface area contributed by atoms with E-state index in [1.54, 1.807) is 31.2 Å². The Morgan fingerprint density at radius 1 is 1.18 bits per heavy atom. The van der Waals surface area contributed by atoms with Crippen LogP contribution in [-0.2, 0) is 4.79 Å². The molecule has 0 bridgehead atoms. The zero-order chi connectivity index (χ0) is 16.1. The lowest BCUT2D eigenvalue weighted by molar-refractivity contribution is -0.115. The molecule has 2 aromatic rings. The molecule has 22 heavy (non-hydrogen) atoms.